The van der Waals surface area contributed by atoms with Crippen LogP contribution < -0.4 is 4.74 Å². The minimum absolute atomic E-state index is 0.0952. The van der Waals surface area contributed by atoms with E-state index in [1.54, 1.807) is 16.8 Å². The van der Waals surface area contributed by atoms with E-state index in [0.717, 1.165) is 67.4 Å². The molecule has 3 heterocycles. The van der Waals surface area contributed by atoms with Crippen molar-refractivity contribution in [3.05, 3.63) is 58.6 Å². The van der Waals surface area contributed by atoms with Gasteiger partial charge in [-0.1, -0.05) is 26.0 Å². The van der Waals surface area contributed by atoms with Gasteiger partial charge in [0.15, 0.2) is 11.6 Å². The Kier molecular flexibility index (Phi) is 9.35. The molecule has 2 aromatic rings. The van der Waals surface area contributed by atoms with E-state index in [9.17, 15) is 9.18 Å². The Morgan fingerprint density at radius 1 is 1.24 bits per heavy atom. The molecule has 0 unspecified atom stereocenters. The van der Waals surface area contributed by atoms with Crippen molar-refractivity contribution in [3.63, 3.8) is 0 Å². The van der Waals surface area contributed by atoms with Crippen LogP contribution in [0.2, 0.25) is 0 Å². The Hall–Kier alpha value is -2.74. The monoisotopic (exact) mass is 570 g/mol. The van der Waals surface area contributed by atoms with Crippen molar-refractivity contribution >= 4 is 27.5 Å². The maximum absolute atomic E-state index is 13.9. The molecule has 2 aliphatic heterocycles. The summed E-state index contributed by atoms with van der Waals surface area (Å²) in [5.74, 6) is 0.686. The Bertz CT molecular complexity index is 1190. The summed E-state index contributed by atoms with van der Waals surface area (Å²) in [5.41, 5.74) is 3.72. The van der Waals surface area contributed by atoms with Gasteiger partial charge in [0.25, 0.3) is 0 Å². The number of carbonyl (C=O) groups excluding carboxylic acids is 1. The summed E-state index contributed by atoms with van der Waals surface area (Å²) < 4.78 is 21.8. The number of likely N-dealkylation sites (tertiary alicyclic amines) is 1. The van der Waals surface area contributed by atoms with Crippen LogP contribution >= 0.6 is 15.9 Å². The van der Waals surface area contributed by atoms with Gasteiger partial charge in [0.05, 0.1) is 12.8 Å². The molecular weight excluding hydrogens is 535 g/mol. The number of benzene rings is 1. The third-order valence-electron chi connectivity index (χ3n) is 7.19. The number of aromatic nitrogens is 2. The summed E-state index contributed by atoms with van der Waals surface area (Å²) in [5, 5.41) is 4.72. The van der Waals surface area contributed by atoms with E-state index in [1.165, 1.54) is 18.9 Å². The second-order valence-electron chi connectivity index (χ2n) is 10.1. The van der Waals surface area contributed by atoms with Crippen LogP contribution in [-0.2, 0) is 11.3 Å². The lowest BCUT2D eigenvalue weighted by Gasteiger charge is -2.32. The van der Waals surface area contributed by atoms with Crippen LogP contribution in [-0.4, -0.2) is 46.5 Å². The lowest BCUT2D eigenvalue weighted by molar-refractivity contribution is -0.133. The molecule has 0 saturated carbocycles. The number of amides is 1. The van der Waals surface area contributed by atoms with Crippen LogP contribution in [0.25, 0.3) is 11.3 Å². The van der Waals surface area contributed by atoms with E-state index in [-0.39, 0.29) is 24.1 Å². The van der Waals surface area contributed by atoms with Gasteiger partial charge >= 0.3 is 0 Å². The smallest absolute Gasteiger partial charge is 0.244 e. The molecule has 4 rings (SSSR count). The maximum atomic E-state index is 13.9. The van der Waals surface area contributed by atoms with E-state index < -0.39 is 5.82 Å². The van der Waals surface area contributed by atoms with Crippen molar-refractivity contribution in [3.8, 4) is 17.0 Å². The molecule has 0 aliphatic carbocycles. The topological polar surface area (TPSA) is 59.7 Å². The number of allylic oxidation sites excluding steroid dienone is 3. The first-order valence-electron chi connectivity index (χ1n) is 13.1. The average molecular weight is 572 g/mol. The van der Waals surface area contributed by atoms with Gasteiger partial charge < -0.3 is 9.64 Å². The molecule has 0 N–H and O–H groups in total. The van der Waals surface area contributed by atoms with Crippen molar-refractivity contribution in [2.45, 2.75) is 64.8 Å². The maximum Gasteiger partial charge on any atom is 0.244 e. The van der Waals surface area contributed by atoms with E-state index in [1.807, 2.05) is 17.2 Å². The molecule has 0 atom stereocenters. The number of ether oxygens (including phenoxy) is 1. The third-order valence-corrected chi connectivity index (χ3v) is 7.66. The van der Waals surface area contributed by atoms with Gasteiger partial charge in [0, 0.05) is 40.7 Å². The Labute approximate surface area is 227 Å². The largest absolute Gasteiger partial charge is 0.494 e. The van der Waals surface area contributed by atoms with Gasteiger partial charge in [-0.05, 0) is 90.6 Å². The van der Waals surface area contributed by atoms with Crippen molar-refractivity contribution in [2.24, 2.45) is 10.9 Å². The molecule has 1 fully saturated rings. The van der Waals surface area contributed by atoms with Crippen LogP contribution in [0.1, 0.15) is 64.0 Å². The van der Waals surface area contributed by atoms with Gasteiger partial charge in [-0.3, -0.25) is 14.5 Å². The second-order valence-corrected chi connectivity index (χ2v) is 11.0. The molecule has 1 saturated heterocycles. The van der Waals surface area contributed by atoms with Gasteiger partial charge in [-0.2, -0.15) is 5.10 Å². The summed E-state index contributed by atoms with van der Waals surface area (Å²) in [7, 11) is 1.45. The van der Waals surface area contributed by atoms with E-state index >= 15 is 0 Å². The minimum atomic E-state index is -0.409. The zero-order valence-corrected chi connectivity index (χ0v) is 23.5. The average Bonchev–Trinajstić information content (AvgIpc) is 3.30. The fourth-order valence-corrected chi connectivity index (χ4v) is 5.24. The van der Waals surface area contributed by atoms with Crippen molar-refractivity contribution < 1.29 is 13.9 Å². The molecular formula is C29H36BrFN4O2. The highest BCUT2D eigenvalue weighted by molar-refractivity contribution is 9.11. The zero-order chi connectivity index (χ0) is 26.4. The zero-order valence-electron chi connectivity index (χ0n) is 21.9. The summed E-state index contributed by atoms with van der Waals surface area (Å²) in [6.45, 7) is 5.95. The Morgan fingerprint density at radius 3 is 2.76 bits per heavy atom. The van der Waals surface area contributed by atoms with Crippen LogP contribution in [0.4, 0.5) is 4.39 Å². The minimum Gasteiger partial charge on any atom is -0.494 e. The SMILES string of the molecule is COc1cc(-c2cc(C(C)C)n(CC(=O)N3CCC(CCC4=N/C=C(Br)\C=C/CC4)CC3)n2)ccc1F. The Balaban J connectivity index is 1.34. The van der Waals surface area contributed by atoms with Gasteiger partial charge in [0.2, 0.25) is 5.91 Å². The number of nitrogens with zero attached hydrogens (tertiary/aromatic N) is 4. The molecule has 6 nitrogen and oxygen atoms in total. The molecule has 0 spiro atoms. The highest BCUT2D eigenvalue weighted by Crippen LogP contribution is 2.29. The van der Waals surface area contributed by atoms with Crippen LogP contribution in [0.3, 0.4) is 0 Å². The molecule has 0 radical (unpaired) electrons. The number of rotatable bonds is 8. The fourth-order valence-electron chi connectivity index (χ4n) is 4.95. The lowest BCUT2D eigenvalue weighted by Crippen LogP contribution is -2.40. The van der Waals surface area contributed by atoms with Crippen LogP contribution in [0.5, 0.6) is 5.75 Å². The quantitative estimate of drug-likeness (QED) is 0.348. The fraction of sp³-hybridized carbons (Fsp3) is 0.483. The molecule has 1 aromatic carbocycles. The van der Waals surface area contributed by atoms with Crippen LogP contribution in [0, 0.1) is 11.7 Å². The first-order valence-corrected chi connectivity index (χ1v) is 13.9. The van der Waals surface area contributed by atoms with Crippen molar-refractivity contribution in [1.82, 2.24) is 14.7 Å². The normalized spacial score (nSPS) is 19.1. The predicted octanol–water partition coefficient (Wildman–Crippen LogP) is 6.87. The first-order chi connectivity index (χ1) is 17.8. The van der Waals surface area contributed by atoms with Gasteiger partial charge in [-0.25, -0.2) is 4.39 Å². The molecule has 8 heteroatoms. The lowest BCUT2D eigenvalue weighted by atomic mass is 9.90. The number of carbonyl (C=O) groups is 1. The molecule has 198 valence electrons. The van der Waals surface area contributed by atoms with Crippen molar-refractivity contribution in [1.29, 1.82) is 0 Å². The summed E-state index contributed by atoms with van der Waals surface area (Å²) >= 11 is 3.51. The number of hydrogen-bond donors (Lipinski definition) is 0. The Morgan fingerprint density at radius 2 is 2.03 bits per heavy atom. The molecule has 37 heavy (non-hydrogen) atoms. The molecule has 0 bridgehead atoms. The van der Waals surface area contributed by atoms with Crippen LogP contribution in [0.15, 0.2) is 52.1 Å². The van der Waals surface area contributed by atoms with E-state index in [4.69, 9.17) is 9.84 Å². The summed E-state index contributed by atoms with van der Waals surface area (Å²) in [4.78, 5) is 19.8. The highest BCUT2D eigenvalue weighted by atomic mass is 79.9. The number of methoxy groups -OCH3 is 1. The third kappa shape index (κ3) is 7.18. The number of aliphatic imine (C=N–C) groups is 1. The number of hydrogen-bond acceptors (Lipinski definition) is 4. The van der Waals surface area contributed by atoms with E-state index in [2.05, 4.69) is 46.9 Å². The van der Waals surface area contributed by atoms with Crippen molar-refractivity contribution in [2.75, 3.05) is 20.2 Å². The van der Waals surface area contributed by atoms with Gasteiger partial charge in [0.1, 0.15) is 6.54 Å². The van der Waals surface area contributed by atoms with E-state index in [0.29, 0.717) is 11.6 Å². The predicted molar refractivity (Wildman–Crippen MR) is 150 cm³/mol. The first kappa shape index (κ1) is 27.3. The molecule has 1 aromatic heterocycles. The molecule has 2 aliphatic rings. The summed E-state index contributed by atoms with van der Waals surface area (Å²) in [6, 6.07) is 6.70. The number of halogens is 2. The molecule has 1 amide bonds. The standard InChI is InChI=1S/C29H36BrFN4O2/c1-20(2)27-17-26(22-9-11-25(31)28(16-22)37-3)33-35(27)19-29(36)34-14-12-21(13-15-34)8-10-24-7-5-4-6-23(30)18-32-24/h4,6,9,11,16-18,20-21H,5,7-8,10,12-15,19H2,1-3H3/b6-4-,23-18+,32-24?. The number of piperidine rings is 1. The second kappa shape index (κ2) is 12.7. The highest BCUT2D eigenvalue weighted by Gasteiger charge is 2.25. The van der Waals surface area contributed by atoms with Gasteiger partial charge in [-0.15, -0.1) is 0 Å². The summed E-state index contributed by atoms with van der Waals surface area (Å²) in [6.07, 6.45) is 12.4.